The van der Waals surface area contributed by atoms with E-state index in [1.165, 1.54) is 33.4 Å². The van der Waals surface area contributed by atoms with Crippen LogP contribution in [0.15, 0.2) is 76.4 Å². The van der Waals surface area contributed by atoms with Crippen molar-refractivity contribution in [2.75, 3.05) is 16.2 Å². The molecule has 0 saturated carbocycles. The van der Waals surface area contributed by atoms with E-state index in [1.54, 1.807) is 56.6 Å². The molecule has 8 nitrogen and oxygen atoms in total. The zero-order chi connectivity index (χ0) is 24.6. The third-order valence-corrected chi connectivity index (χ3v) is 7.96. The van der Waals surface area contributed by atoms with Gasteiger partial charge in [-0.15, -0.1) is 0 Å². The van der Waals surface area contributed by atoms with Gasteiger partial charge in [0.2, 0.25) is 5.91 Å². The van der Waals surface area contributed by atoms with Crippen LogP contribution in [0.5, 0.6) is 0 Å². The predicted octanol–water partition coefficient (Wildman–Crippen LogP) is 4.02. The summed E-state index contributed by atoms with van der Waals surface area (Å²) >= 11 is 12.4. The molecule has 0 aliphatic carbocycles. The van der Waals surface area contributed by atoms with Gasteiger partial charge in [-0.25, -0.2) is 13.2 Å². The third-order valence-electron chi connectivity index (χ3n) is 5.37. The number of hydrogen-bond donors (Lipinski definition) is 1. The number of aryl methyl sites for hydroxylation is 2. The molecule has 1 heterocycles. The van der Waals surface area contributed by atoms with Gasteiger partial charge < -0.3 is 5.32 Å². The highest BCUT2D eigenvalue weighted by Crippen LogP contribution is 2.35. The predicted molar refractivity (Wildman–Crippen MR) is 134 cm³/mol. The van der Waals surface area contributed by atoms with Gasteiger partial charge in [-0.1, -0.05) is 47.5 Å². The fourth-order valence-electron chi connectivity index (χ4n) is 3.62. The average Bonchev–Trinajstić information content (AvgIpc) is 3.03. The van der Waals surface area contributed by atoms with Gasteiger partial charge in [-0.2, -0.15) is 0 Å². The summed E-state index contributed by atoms with van der Waals surface area (Å²) in [7, 11) is -0.857. The number of halogens is 2. The van der Waals surface area contributed by atoms with Crippen molar-refractivity contribution >= 4 is 61.5 Å². The maximum atomic E-state index is 13.4. The summed E-state index contributed by atoms with van der Waals surface area (Å²) < 4.78 is 30.8. The first kappa shape index (κ1) is 23.9. The van der Waals surface area contributed by atoms with Crippen molar-refractivity contribution in [3.05, 3.63) is 87.3 Å². The fourth-order valence-corrected chi connectivity index (χ4v) is 5.52. The highest BCUT2D eigenvalue weighted by molar-refractivity contribution is 7.92. The van der Waals surface area contributed by atoms with Gasteiger partial charge in [0, 0.05) is 19.8 Å². The summed E-state index contributed by atoms with van der Waals surface area (Å²) in [6.07, 6.45) is 0. The Morgan fingerprint density at radius 1 is 0.941 bits per heavy atom. The number of carbonyl (C=O) groups is 1. The minimum Gasteiger partial charge on any atom is -0.324 e. The lowest BCUT2D eigenvalue weighted by molar-refractivity contribution is -0.114. The van der Waals surface area contributed by atoms with Gasteiger partial charge in [0.15, 0.2) is 0 Å². The van der Waals surface area contributed by atoms with Crippen molar-refractivity contribution < 1.29 is 13.2 Å². The zero-order valence-corrected chi connectivity index (χ0v) is 20.5. The number of sulfonamides is 1. The molecule has 4 aromatic rings. The highest BCUT2D eigenvalue weighted by Gasteiger charge is 2.29. The van der Waals surface area contributed by atoms with Gasteiger partial charge in [0.1, 0.15) is 6.54 Å². The summed E-state index contributed by atoms with van der Waals surface area (Å²) in [5.74, 6) is -0.601. The number of aromatic nitrogens is 2. The molecule has 11 heteroatoms. The second-order valence-electron chi connectivity index (χ2n) is 7.55. The van der Waals surface area contributed by atoms with E-state index in [0.29, 0.717) is 16.7 Å². The molecule has 176 valence electrons. The lowest BCUT2D eigenvalue weighted by atomic mass is 10.2. The van der Waals surface area contributed by atoms with E-state index in [-0.39, 0.29) is 26.3 Å². The van der Waals surface area contributed by atoms with Gasteiger partial charge in [0.25, 0.3) is 10.0 Å². The molecule has 34 heavy (non-hydrogen) atoms. The van der Waals surface area contributed by atoms with Crippen molar-refractivity contribution in [3.8, 4) is 0 Å². The summed E-state index contributed by atoms with van der Waals surface area (Å²) in [6.45, 7) is -0.553. The van der Waals surface area contributed by atoms with E-state index < -0.39 is 22.5 Å². The van der Waals surface area contributed by atoms with Crippen LogP contribution >= 0.6 is 23.2 Å². The maximum absolute atomic E-state index is 13.4. The number of nitrogens with zero attached hydrogens (tertiary/aromatic N) is 3. The Labute approximate surface area is 206 Å². The molecule has 0 unspecified atom stereocenters. The number of nitrogens with one attached hydrogen (secondary N) is 1. The Bertz CT molecular complexity index is 1560. The number of benzene rings is 3. The quantitative estimate of drug-likeness (QED) is 0.417. The van der Waals surface area contributed by atoms with Crippen molar-refractivity contribution in [1.82, 2.24) is 9.13 Å². The maximum Gasteiger partial charge on any atom is 0.328 e. The topological polar surface area (TPSA) is 93.4 Å². The third kappa shape index (κ3) is 4.29. The van der Waals surface area contributed by atoms with Crippen molar-refractivity contribution in [1.29, 1.82) is 0 Å². The van der Waals surface area contributed by atoms with E-state index in [4.69, 9.17) is 23.2 Å². The molecule has 4 rings (SSSR count). The van der Waals surface area contributed by atoms with Crippen LogP contribution in [0.25, 0.3) is 11.0 Å². The Hall–Kier alpha value is -3.27. The van der Waals surface area contributed by atoms with Crippen LogP contribution in [-0.4, -0.2) is 30.0 Å². The molecule has 1 N–H and O–H groups in total. The molecule has 1 amide bonds. The van der Waals surface area contributed by atoms with Gasteiger partial charge >= 0.3 is 5.69 Å². The number of fused-ring (bicyclic) bond motifs is 1. The van der Waals surface area contributed by atoms with E-state index in [1.807, 2.05) is 0 Å². The fraction of sp³-hybridized carbons (Fsp3) is 0.130. The van der Waals surface area contributed by atoms with Crippen molar-refractivity contribution in [2.45, 2.75) is 4.90 Å². The summed E-state index contributed by atoms with van der Waals surface area (Å²) in [4.78, 5) is 25.2. The minimum absolute atomic E-state index is 0.000419. The molecule has 0 bridgehead atoms. The first-order chi connectivity index (χ1) is 16.1. The molecule has 3 aromatic carbocycles. The summed E-state index contributed by atoms with van der Waals surface area (Å²) in [5.41, 5.74) is 1.61. The van der Waals surface area contributed by atoms with Gasteiger partial charge in [-0.3, -0.25) is 18.2 Å². The highest BCUT2D eigenvalue weighted by atomic mass is 35.5. The van der Waals surface area contributed by atoms with Crippen LogP contribution in [0, 0.1) is 0 Å². The molecule has 0 aliphatic heterocycles. The molecule has 0 saturated heterocycles. The van der Waals surface area contributed by atoms with Crippen LogP contribution < -0.4 is 15.3 Å². The monoisotopic (exact) mass is 518 g/mol. The van der Waals surface area contributed by atoms with E-state index in [9.17, 15) is 18.0 Å². The van der Waals surface area contributed by atoms with Crippen LogP contribution in [-0.2, 0) is 28.9 Å². The molecular weight excluding hydrogens is 499 g/mol. The van der Waals surface area contributed by atoms with E-state index in [2.05, 4.69) is 5.32 Å². The normalized spacial score (nSPS) is 11.5. The molecule has 0 aliphatic rings. The summed E-state index contributed by atoms with van der Waals surface area (Å²) in [6, 6.07) is 17.3. The molecular formula is C23H20Cl2N4O4S. The van der Waals surface area contributed by atoms with Crippen molar-refractivity contribution in [2.24, 2.45) is 14.1 Å². The first-order valence-corrected chi connectivity index (χ1v) is 12.3. The molecule has 0 fully saturated rings. The largest absolute Gasteiger partial charge is 0.328 e. The second kappa shape index (κ2) is 9.17. The Kier molecular flexibility index (Phi) is 6.44. The van der Waals surface area contributed by atoms with E-state index >= 15 is 0 Å². The molecule has 1 aromatic heterocycles. The Morgan fingerprint density at radius 2 is 1.62 bits per heavy atom. The first-order valence-electron chi connectivity index (χ1n) is 10.1. The molecule has 0 atom stereocenters. The minimum atomic E-state index is -4.14. The SMILES string of the molecule is Cn1c(=O)n(C)c2cc(NC(=O)CN(c3cccc(Cl)c3Cl)S(=O)(=O)c3ccccc3)ccc21. The number of amides is 1. The molecule has 0 spiro atoms. The van der Waals surface area contributed by atoms with Crippen molar-refractivity contribution in [3.63, 3.8) is 0 Å². The molecule has 0 radical (unpaired) electrons. The lowest BCUT2D eigenvalue weighted by Gasteiger charge is -2.25. The number of anilines is 2. The number of imidazole rings is 1. The van der Waals surface area contributed by atoms with Crippen LogP contribution in [0.1, 0.15) is 0 Å². The second-order valence-corrected chi connectivity index (χ2v) is 10.2. The smallest absolute Gasteiger partial charge is 0.324 e. The average molecular weight is 519 g/mol. The zero-order valence-electron chi connectivity index (χ0n) is 18.2. The van der Waals surface area contributed by atoms with Crippen LogP contribution in [0.2, 0.25) is 10.0 Å². The lowest BCUT2D eigenvalue weighted by Crippen LogP contribution is -2.38. The van der Waals surface area contributed by atoms with Gasteiger partial charge in [-0.05, 0) is 42.5 Å². The van der Waals surface area contributed by atoms with Gasteiger partial charge in [0.05, 0.1) is 31.7 Å². The standard InChI is InChI=1S/C23H20Cl2N4O4S/c1-27-18-12-11-15(13-20(18)28(2)23(27)31)26-21(30)14-29(19-10-6-9-17(24)22(19)25)34(32,33)16-7-4-3-5-8-16/h3-13H,14H2,1-2H3,(H,26,30). The van der Waals surface area contributed by atoms with Crippen LogP contribution in [0.3, 0.4) is 0 Å². The number of rotatable bonds is 6. The Morgan fingerprint density at radius 3 is 2.32 bits per heavy atom. The Balaban J connectivity index is 1.70. The number of hydrogen-bond acceptors (Lipinski definition) is 4. The van der Waals surface area contributed by atoms with Crippen LogP contribution in [0.4, 0.5) is 11.4 Å². The number of carbonyl (C=O) groups excluding carboxylic acids is 1. The summed E-state index contributed by atoms with van der Waals surface area (Å²) in [5, 5.41) is 2.87. The van der Waals surface area contributed by atoms with E-state index in [0.717, 1.165) is 4.31 Å².